The van der Waals surface area contributed by atoms with Gasteiger partial charge in [0.2, 0.25) is 5.95 Å². The highest BCUT2D eigenvalue weighted by molar-refractivity contribution is 6.30. The van der Waals surface area contributed by atoms with Crippen molar-refractivity contribution >= 4 is 46.3 Å². The minimum atomic E-state index is -0.607. The van der Waals surface area contributed by atoms with Crippen LogP contribution in [-0.2, 0) is 0 Å². The first-order valence-corrected chi connectivity index (χ1v) is 12.7. The van der Waals surface area contributed by atoms with E-state index in [0.29, 0.717) is 11.8 Å². The van der Waals surface area contributed by atoms with Gasteiger partial charge in [0.15, 0.2) is 0 Å². The maximum Gasteiger partial charge on any atom is 0.261 e. The van der Waals surface area contributed by atoms with Crippen molar-refractivity contribution in [3.8, 4) is 0 Å². The van der Waals surface area contributed by atoms with Crippen molar-refractivity contribution in [1.29, 1.82) is 0 Å². The molecule has 0 unspecified atom stereocenters. The molecule has 8 nitrogen and oxygen atoms in total. The van der Waals surface area contributed by atoms with E-state index in [0.717, 1.165) is 63.6 Å². The van der Waals surface area contributed by atoms with Gasteiger partial charge in [0, 0.05) is 54.8 Å². The third-order valence-corrected chi connectivity index (χ3v) is 6.75. The van der Waals surface area contributed by atoms with Crippen molar-refractivity contribution in [2.45, 2.75) is 31.7 Å². The number of carbonyl (C=O) groups is 1. The van der Waals surface area contributed by atoms with Crippen LogP contribution in [-0.4, -0.2) is 48.1 Å². The number of benzene rings is 2. The fourth-order valence-electron chi connectivity index (χ4n) is 4.57. The molecule has 2 fully saturated rings. The van der Waals surface area contributed by atoms with Crippen LogP contribution in [0.15, 0.2) is 48.7 Å². The Balaban J connectivity index is 1.34. The van der Waals surface area contributed by atoms with Crippen molar-refractivity contribution in [3.63, 3.8) is 0 Å². The smallest absolute Gasteiger partial charge is 0.261 e. The molecule has 0 atom stereocenters. The second-order valence-corrected chi connectivity index (χ2v) is 9.51. The molecule has 2 aliphatic rings. The maximum atomic E-state index is 14.2. The largest absolute Gasteiger partial charge is 0.369 e. The van der Waals surface area contributed by atoms with Crippen LogP contribution in [0.5, 0.6) is 0 Å². The van der Waals surface area contributed by atoms with Crippen molar-refractivity contribution < 1.29 is 9.18 Å². The summed E-state index contributed by atoms with van der Waals surface area (Å²) >= 11 is 5.83. The first-order valence-electron chi connectivity index (χ1n) is 12.3. The van der Waals surface area contributed by atoms with Gasteiger partial charge >= 0.3 is 0 Å². The molecular weight excluding hydrogens is 481 g/mol. The summed E-state index contributed by atoms with van der Waals surface area (Å²) in [5.41, 5.74) is 2.31. The van der Waals surface area contributed by atoms with E-state index in [1.807, 2.05) is 12.1 Å². The maximum absolute atomic E-state index is 14.2. The molecule has 1 saturated carbocycles. The number of hydrogen-bond acceptors (Lipinski definition) is 7. The van der Waals surface area contributed by atoms with Crippen molar-refractivity contribution in [3.05, 3.63) is 65.1 Å². The number of hydrogen-bond donors (Lipinski definition) is 4. The molecule has 10 heteroatoms. The molecule has 0 bridgehead atoms. The number of carbonyl (C=O) groups excluding carboxylic acids is 1. The molecule has 5 rings (SSSR count). The molecule has 2 heterocycles. The zero-order chi connectivity index (χ0) is 24.9. The zero-order valence-electron chi connectivity index (χ0n) is 19.9. The predicted molar refractivity (Wildman–Crippen MR) is 142 cm³/mol. The number of piperazine rings is 1. The van der Waals surface area contributed by atoms with Crippen LogP contribution >= 0.6 is 11.6 Å². The van der Waals surface area contributed by atoms with Crippen LogP contribution in [0.25, 0.3) is 0 Å². The number of nitrogens with one attached hydrogen (secondary N) is 4. The van der Waals surface area contributed by atoms with E-state index in [4.69, 9.17) is 11.6 Å². The third kappa shape index (κ3) is 5.85. The summed E-state index contributed by atoms with van der Waals surface area (Å²) < 4.78 is 14.2. The van der Waals surface area contributed by atoms with Gasteiger partial charge in [-0.3, -0.25) is 4.79 Å². The van der Waals surface area contributed by atoms with Gasteiger partial charge in [0.25, 0.3) is 5.91 Å². The first kappa shape index (κ1) is 24.3. The number of amides is 1. The summed E-state index contributed by atoms with van der Waals surface area (Å²) in [5, 5.41) is 12.9. The van der Waals surface area contributed by atoms with Crippen molar-refractivity contribution in [1.82, 2.24) is 15.3 Å². The Morgan fingerprint density at radius 2 is 1.83 bits per heavy atom. The molecule has 36 heavy (non-hydrogen) atoms. The normalized spacial score (nSPS) is 16.1. The summed E-state index contributed by atoms with van der Waals surface area (Å²) in [6.07, 6.45) is 5.74. The van der Waals surface area contributed by atoms with E-state index in [9.17, 15) is 9.18 Å². The molecule has 0 radical (unpaired) electrons. The molecule has 0 spiro atoms. The molecule has 1 saturated heterocycles. The fourth-order valence-corrected chi connectivity index (χ4v) is 4.73. The topological polar surface area (TPSA) is 94.2 Å². The second kappa shape index (κ2) is 11.1. The number of aromatic nitrogens is 2. The summed E-state index contributed by atoms with van der Waals surface area (Å²) in [5.74, 6) is -0.309. The van der Waals surface area contributed by atoms with Gasteiger partial charge in [-0.2, -0.15) is 4.98 Å². The molecule has 188 valence electrons. The lowest BCUT2D eigenvalue weighted by atomic mass is 10.2. The molecule has 1 aromatic heterocycles. The number of rotatable bonds is 7. The summed E-state index contributed by atoms with van der Waals surface area (Å²) in [6.45, 7) is 3.93. The van der Waals surface area contributed by atoms with Gasteiger partial charge < -0.3 is 26.2 Å². The second-order valence-electron chi connectivity index (χ2n) is 9.07. The fraction of sp³-hybridized carbons (Fsp3) is 0.346. The summed E-state index contributed by atoms with van der Waals surface area (Å²) in [4.78, 5) is 24.4. The van der Waals surface area contributed by atoms with Gasteiger partial charge in [-0.25, -0.2) is 9.37 Å². The quantitative estimate of drug-likeness (QED) is 0.355. The van der Waals surface area contributed by atoms with E-state index < -0.39 is 11.7 Å². The standard InChI is InChI=1S/C26H29ClFN7O/c27-17-5-10-23(22(28)15-17)33-25(36)21-16-30-26(34-24(21)31-18-3-1-2-4-18)32-19-6-8-20(9-7-19)35-13-11-29-12-14-35/h5-10,15-16,18,29H,1-4,11-14H2,(H,33,36)(H2,30,31,32,34). The Bertz CT molecular complexity index is 1210. The SMILES string of the molecule is O=C(Nc1ccc(Cl)cc1F)c1cnc(Nc2ccc(N3CCNCC3)cc2)nc1NC1CCCC1. The number of anilines is 5. The Morgan fingerprint density at radius 3 is 2.56 bits per heavy atom. The van der Waals surface area contributed by atoms with Gasteiger partial charge in [0.1, 0.15) is 17.2 Å². The van der Waals surface area contributed by atoms with Crippen molar-refractivity contribution in [2.24, 2.45) is 0 Å². The molecule has 4 N–H and O–H groups in total. The molecular formula is C26H29ClFN7O. The predicted octanol–water partition coefficient (Wildman–Crippen LogP) is 5.03. The third-order valence-electron chi connectivity index (χ3n) is 6.51. The molecule has 3 aromatic rings. The Morgan fingerprint density at radius 1 is 1.08 bits per heavy atom. The summed E-state index contributed by atoms with van der Waals surface area (Å²) in [6, 6.07) is 12.5. The average molecular weight is 510 g/mol. The van der Waals surface area contributed by atoms with E-state index in [1.165, 1.54) is 24.0 Å². The van der Waals surface area contributed by atoms with Crippen LogP contribution < -0.4 is 26.2 Å². The first-order chi connectivity index (χ1) is 17.5. The molecule has 1 aliphatic carbocycles. The highest BCUT2D eigenvalue weighted by atomic mass is 35.5. The lowest BCUT2D eigenvalue weighted by molar-refractivity contribution is 0.102. The van der Waals surface area contributed by atoms with Crippen LogP contribution in [0, 0.1) is 5.82 Å². The van der Waals surface area contributed by atoms with Gasteiger partial charge in [0.05, 0.1) is 5.69 Å². The van der Waals surface area contributed by atoms with Crippen LogP contribution in [0.4, 0.5) is 33.2 Å². The minimum Gasteiger partial charge on any atom is -0.369 e. The van der Waals surface area contributed by atoms with Gasteiger partial charge in [-0.15, -0.1) is 0 Å². The highest BCUT2D eigenvalue weighted by Gasteiger charge is 2.21. The average Bonchev–Trinajstić information content (AvgIpc) is 3.40. The zero-order valence-corrected chi connectivity index (χ0v) is 20.6. The number of nitrogens with zero attached hydrogens (tertiary/aromatic N) is 3. The monoisotopic (exact) mass is 509 g/mol. The van der Waals surface area contributed by atoms with E-state index in [1.54, 1.807) is 0 Å². The van der Waals surface area contributed by atoms with Crippen LogP contribution in [0.3, 0.4) is 0 Å². The van der Waals surface area contributed by atoms with E-state index in [2.05, 4.69) is 48.3 Å². The molecule has 1 aliphatic heterocycles. The minimum absolute atomic E-state index is 0.0444. The van der Waals surface area contributed by atoms with Crippen LogP contribution in [0.1, 0.15) is 36.0 Å². The molecule has 1 amide bonds. The molecule has 2 aromatic carbocycles. The van der Waals surface area contributed by atoms with E-state index >= 15 is 0 Å². The van der Waals surface area contributed by atoms with E-state index in [-0.39, 0.29) is 22.3 Å². The Kier molecular flexibility index (Phi) is 7.48. The van der Waals surface area contributed by atoms with Gasteiger partial charge in [-0.1, -0.05) is 24.4 Å². The lowest BCUT2D eigenvalue weighted by Gasteiger charge is -2.29. The Labute approximate surface area is 214 Å². The lowest BCUT2D eigenvalue weighted by Crippen LogP contribution is -2.43. The van der Waals surface area contributed by atoms with Crippen LogP contribution in [0.2, 0.25) is 5.02 Å². The highest BCUT2D eigenvalue weighted by Crippen LogP contribution is 2.27. The van der Waals surface area contributed by atoms with Crippen molar-refractivity contribution in [2.75, 3.05) is 47.0 Å². The summed E-state index contributed by atoms with van der Waals surface area (Å²) in [7, 11) is 0. The van der Waals surface area contributed by atoms with Gasteiger partial charge in [-0.05, 0) is 55.3 Å². The Hall–Kier alpha value is -3.43. The number of halogens is 2.